The first kappa shape index (κ1) is 29.1. The SMILES string of the molecule is CCC(O)c1nc(-c2ncc(-c3ncc(-c4ccccc4)nc3C(O)CC)nc2C(O)CC)cnc1-c1ccccc1. The summed E-state index contributed by atoms with van der Waals surface area (Å²) in [5, 5.41) is 32.8. The Kier molecular flexibility index (Phi) is 9.02. The third kappa shape index (κ3) is 5.94. The predicted octanol–water partition coefficient (Wildman–Crippen LogP) is 6.05. The van der Waals surface area contributed by atoms with Gasteiger partial charge < -0.3 is 15.3 Å². The van der Waals surface area contributed by atoms with Gasteiger partial charge in [-0.2, -0.15) is 0 Å². The molecule has 5 aromatic rings. The van der Waals surface area contributed by atoms with Gasteiger partial charge in [0.25, 0.3) is 0 Å². The Morgan fingerprint density at radius 2 is 0.833 bits per heavy atom. The Labute approximate surface area is 245 Å². The van der Waals surface area contributed by atoms with Crippen LogP contribution in [0, 0.1) is 0 Å². The molecular formula is C33H34N6O3. The van der Waals surface area contributed by atoms with E-state index in [0.717, 1.165) is 11.1 Å². The molecule has 0 aliphatic heterocycles. The Morgan fingerprint density at radius 3 is 1.29 bits per heavy atom. The maximum Gasteiger partial charge on any atom is 0.114 e. The molecule has 0 radical (unpaired) electrons. The average molecular weight is 563 g/mol. The van der Waals surface area contributed by atoms with Gasteiger partial charge in [0, 0.05) is 11.1 Å². The van der Waals surface area contributed by atoms with Gasteiger partial charge in [0.1, 0.15) is 22.8 Å². The van der Waals surface area contributed by atoms with Crippen molar-refractivity contribution in [2.75, 3.05) is 0 Å². The second-order valence-corrected chi connectivity index (χ2v) is 9.97. The highest BCUT2D eigenvalue weighted by molar-refractivity contribution is 5.68. The monoisotopic (exact) mass is 562 g/mol. The molecule has 0 amide bonds. The molecule has 0 aliphatic rings. The van der Waals surface area contributed by atoms with Gasteiger partial charge in [-0.05, 0) is 19.3 Å². The minimum Gasteiger partial charge on any atom is -0.387 e. The van der Waals surface area contributed by atoms with Crippen LogP contribution < -0.4 is 0 Å². The fourth-order valence-corrected chi connectivity index (χ4v) is 4.68. The topological polar surface area (TPSA) is 138 Å². The Balaban J connectivity index is 1.63. The zero-order valence-electron chi connectivity index (χ0n) is 23.9. The summed E-state index contributed by atoms with van der Waals surface area (Å²) in [6.45, 7) is 5.59. The number of nitrogens with zero attached hydrogens (tertiary/aromatic N) is 6. The number of hydrogen-bond acceptors (Lipinski definition) is 9. The van der Waals surface area contributed by atoms with E-state index in [2.05, 4.69) is 15.0 Å². The van der Waals surface area contributed by atoms with E-state index in [1.165, 1.54) is 0 Å². The van der Waals surface area contributed by atoms with Crippen molar-refractivity contribution in [2.24, 2.45) is 0 Å². The molecule has 0 aliphatic carbocycles. The maximum absolute atomic E-state index is 11.0. The number of rotatable bonds is 10. The minimum absolute atomic E-state index is 0.305. The Morgan fingerprint density at radius 1 is 0.476 bits per heavy atom. The fraction of sp³-hybridized carbons (Fsp3) is 0.273. The fourth-order valence-electron chi connectivity index (χ4n) is 4.68. The van der Waals surface area contributed by atoms with E-state index < -0.39 is 18.3 Å². The second kappa shape index (κ2) is 13.0. The summed E-state index contributed by atoms with van der Waals surface area (Å²) < 4.78 is 0. The minimum atomic E-state index is -0.946. The molecule has 3 aromatic heterocycles. The highest BCUT2D eigenvalue weighted by atomic mass is 16.3. The third-order valence-electron chi connectivity index (χ3n) is 7.11. The summed E-state index contributed by atoms with van der Waals surface area (Å²) in [5.74, 6) is 0. The van der Waals surface area contributed by atoms with Gasteiger partial charge in [-0.1, -0.05) is 81.4 Å². The van der Waals surface area contributed by atoms with Crippen molar-refractivity contribution in [3.63, 3.8) is 0 Å². The van der Waals surface area contributed by atoms with Gasteiger partial charge in [-0.3, -0.25) is 15.0 Å². The van der Waals surface area contributed by atoms with Crippen LogP contribution in [0.4, 0.5) is 0 Å². The molecule has 3 N–H and O–H groups in total. The standard InChI is InChI=1S/C33H34N6O3/c1-4-25(40)31-28(21-15-11-8-12-16-21)34-18-23(38-31)30-33(27(42)6-3)39-24(19-36-30)29-32(26(41)5-2)37-22(17-35-29)20-13-9-7-10-14-20/h7-19,25-27,40-42H,4-6H2,1-3H3. The van der Waals surface area contributed by atoms with E-state index >= 15 is 0 Å². The van der Waals surface area contributed by atoms with E-state index in [-0.39, 0.29) is 0 Å². The third-order valence-corrected chi connectivity index (χ3v) is 7.11. The number of benzene rings is 2. The first-order valence-corrected chi connectivity index (χ1v) is 14.2. The Bertz CT molecular complexity index is 1650. The van der Waals surface area contributed by atoms with Crippen LogP contribution >= 0.6 is 0 Å². The van der Waals surface area contributed by atoms with E-state index in [1.807, 2.05) is 81.4 Å². The van der Waals surface area contributed by atoms with E-state index in [4.69, 9.17) is 15.0 Å². The summed E-state index contributed by atoms with van der Waals surface area (Å²) in [7, 11) is 0. The quantitative estimate of drug-likeness (QED) is 0.185. The second-order valence-electron chi connectivity index (χ2n) is 9.97. The van der Waals surface area contributed by atoms with E-state index in [1.54, 1.807) is 18.6 Å². The van der Waals surface area contributed by atoms with Crippen molar-refractivity contribution < 1.29 is 15.3 Å². The molecule has 3 atom stereocenters. The molecule has 5 rings (SSSR count). The maximum atomic E-state index is 11.0. The first-order valence-electron chi connectivity index (χ1n) is 14.2. The molecule has 0 spiro atoms. The summed E-state index contributed by atoms with van der Waals surface area (Å²) in [5.41, 5.74) is 5.57. The van der Waals surface area contributed by atoms with Crippen molar-refractivity contribution in [1.29, 1.82) is 0 Å². The molecule has 0 fully saturated rings. The molecule has 214 valence electrons. The summed E-state index contributed by atoms with van der Waals surface area (Å²) in [4.78, 5) is 28.3. The van der Waals surface area contributed by atoms with Gasteiger partial charge >= 0.3 is 0 Å². The lowest BCUT2D eigenvalue weighted by atomic mass is 10.0. The van der Waals surface area contributed by atoms with Crippen molar-refractivity contribution >= 4 is 0 Å². The number of hydrogen-bond donors (Lipinski definition) is 3. The lowest BCUT2D eigenvalue weighted by Gasteiger charge is -2.18. The van der Waals surface area contributed by atoms with Crippen LogP contribution in [0.25, 0.3) is 45.3 Å². The highest BCUT2D eigenvalue weighted by Gasteiger charge is 2.24. The smallest absolute Gasteiger partial charge is 0.114 e. The van der Waals surface area contributed by atoms with Crippen LogP contribution in [0.15, 0.2) is 79.3 Å². The molecule has 0 bridgehead atoms. The first-order chi connectivity index (χ1) is 20.4. The van der Waals surface area contributed by atoms with E-state index in [9.17, 15) is 15.3 Å². The van der Waals surface area contributed by atoms with Gasteiger partial charge in [0.15, 0.2) is 0 Å². The predicted molar refractivity (Wildman–Crippen MR) is 161 cm³/mol. The molecule has 9 heteroatoms. The van der Waals surface area contributed by atoms with Gasteiger partial charge in [-0.15, -0.1) is 0 Å². The highest BCUT2D eigenvalue weighted by Crippen LogP contribution is 2.34. The van der Waals surface area contributed by atoms with Crippen LogP contribution in [0.3, 0.4) is 0 Å². The van der Waals surface area contributed by atoms with Crippen LogP contribution in [-0.2, 0) is 0 Å². The molecule has 0 saturated carbocycles. The molecule has 2 aromatic carbocycles. The Hall–Kier alpha value is -4.44. The molecule has 42 heavy (non-hydrogen) atoms. The van der Waals surface area contributed by atoms with Gasteiger partial charge in [-0.25, -0.2) is 15.0 Å². The number of aromatic nitrogens is 6. The lowest BCUT2D eigenvalue weighted by Crippen LogP contribution is -2.11. The van der Waals surface area contributed by atoms with Crippen LogP contribution in [0.5, 0.6) is 0 Å². The van der Waals surface area contributed by atoms with Crippen molar-refractivity contribution in [2.45, 2.75) is 58.3 Å². The van der Waals surface area contributed by atoms with Crippen molar-refractivity contribution in [3.05, 3.63) is 96.3 Å². The largest absolute Gasteiger partial charge is 0.387 e. The van der Waals surface area contributed by atoms with Gasteiger partial charge in [0.05, 0.1) is 65.4 Å². The number of aliphatic hydroxyl groups excluding tert-OH is 3. The van der Waals surface area contributed by atoms with Crippen LogP contribution in [0.2, 0.25) is 0 Å². The van der Waals surface area contributed by atoms with Crippen molar-refractivity contribution in [1.82, 2.24) is 29.9 Å². The summed E-state index contributed by atoms with van der Waals surface area (Å²) in [6.07, 6.45) is 3.39. The molecular weight excluding hydrogens is 528 g/mol. The number of aliphatic hydroxyl groups is 3. The average Bonchev–Trinajstić information content (AvgIpc) is 3.07. The summed E-state index contributed by atoms with van der Waals surface area (Å²) >= 11 is 0. The zero-order valence-corrected chi connectivity index (χ0v) is 23.9. The molecule has 3 heterocycles. The normalized spacial score (nSPS) is 13.5. The zero-order chi connectivity index (χ0) is 29.6. The summed E-state index contributed by atoms with van der Waals surface area (Å²) in [6, 6.07) is 19.2. The van der Waals surface area contributed by atoms with Gasteiger partial charge in [0.2, 0.25) is 0 Å². The van der Waals surface area contributed by atoms with E-state index in [0.29, 0.717) is 70.5 Å². The van der Waals surface area contributed by atoms with Crippen LogP contribution in [0.1, 0.15) is 75.4 Å². The molecule has 0 saturated heterocycles. The molecule has 3 unspecified atom stereocenters. The van der Waals surface area contributed by atoms with Crippen LogP contribution in [-0.4, -0.2) is 45.2 Å². The van der Waals surface area contributed by atoms with Crippen molar-refractivity contribution in [3.8, 4) is 45.3 Å². The lowest BCUT2D eigenvalue weighted by molar-refractivity contribution is 0.168. The molecule has 9 nitrogen and oxygen atoms in total.